The summed E-state index contributed by atoms with van der Waals surface area (Å²) in [6.45, 7) is 2.38. The lowest BCUT2D eigenvalue weighted by Crippen LogP contribution is -2.70. The molecule has 300 valence electrons. The van der Waals surface area contributed by atoms with Crippen molar-refractivity contribution in [3.05, 3.63) is 40.2 Å². The van der Waals surface area contributed by atoms with Crippen LogP contribution in [0.3, 0.4) is 0 Å². The normalized spacial score (nSPS) is 37.1. The third kappa shape index (κ3) is 8.21. The van der Waals surface area contributed by atoms with E-state index in [-0.39, 0.29) is 11.3 Å². The van der Waals surface area contributed by atoms with E-state index < -0.39 is 135 Å². The molecule has 20 heteroatoms. The first-order chi connectivity index (χ1) is 25.5. The van der Waals surface area contributed by atoms with Gasteiger partial charge in [0.15, 0.2) is 12.6 Å². The zero-order valence-electron chi connectivity index (χ0n) is 29.7. The number of aliphatic hydroxyl groups is 7. The third-order valence-corrected chi connectivity index (χ3v) is 9.83. The first-order valence-electron chi connectivity index (χ1n) is 17.1. The summed E-state index contributed by atoms with van der Waals surface area (Å²) in [5, 5.41) is 90.9. The maximum Gasteiger partial charge on any atom is 0.336 e. The first-order valence-corrected chi connectivity index (χ1v) is 17.1. The molecule has 5 rings (SSSR count). The Morgan fingerprint density at radius 1 is 0.815 bits per heavy atom. The summed E-state index contributed by atoms with van der Waals surface area (Å²) in [5.74, 6) is -3.83. The minimum atomic E-state index is -2.17. The van der Waals surface area contributed by atoms with Crippen LogP contribution in [0.1, 0.15) is 26.3 Å². The predicted molar refractivity (Wildman–Crippen MR) is 177 cm³/mol. The van der Waals surface area contributed by atoms with Crippen molar-refractivity contribution < 1.29 is 83.3 Å². The number of anilines is 1. The molecule has 4 heterocycles. The van der Waals surface area contributed by atoms with Gasteiger partial charge >= 0.3 is 5.63 Å². The molecule has 3 saturated heterocycles. The van der Waals surface area contributed by atoms with Crippen LogP contribution in [-0.4, -0.2) is 159 Å². The van der Waals surface area contributed by atoms with Crippen LogP contribution in [-0.2, 0) is 38.1 Å². The molecule has 54 heavy (non-hydrogen) atoms. The Bertz CT molecular complexity index is 1720. The van der Waals surface area contributed by atoms with E-state index in [4.69, 9.17) is 28.1 Å². The molecule has 20 nitrogen and oxygen atoms in total. The molecule has 0 bridgehead atoms. The predicted octanol–water partition coefficient (Wildman–Crippen LogP) is -4.74. The van der Waals surface area contributed by atoms with Crippen molar-refractivity contribution in [2.75, 3.05) is 24.7 Å². The Kier molecular flexibility index (Phi) is 13.2. The molecule has 0 radical (unpaired) electrons. The Balaban J connectivity index is 1.44. The van der Waals surface area contributed by atoms with Gasteiger partial charge in [0, 0.05) is 43.3 Å². The number of ketones is 1. The number of ether oxygens (including phenoxy) is 5. The third-order valence-electron chi connectivity index (χ3n) is 9.83. The minimum Gasteiger partial charge on any atom is -0.829 e. The molecule has 0 aliphatic carbocycles. The second kappa shape index (κ2) is 17.1. The maximum absolute atomic E-state index is 13.4. The lowest BCUT2D eigenvalue weighted by atomic mass is 9.87. The van der Waals surface area contributed by atoms with E-state index in [1.54, 1.807) is 13.0 Å². The highest BCUT2D eigenvalue weighted by Gasteiger charge is 2.55. The summed E-state index contributed by atoms with van der Waals surface area (Å²) < 4.78 is 34.1. The highest BCUT2D eigenvalue weighted by Crippen LogP contribution is 2.37. The number of benzene rings is 1. The number of fused-ring (bicyclic) bond motifs is 1. The van der Waals surface area contributed by atoms with Crippen LogP contribution < -0.4 is 20.9 Å². The lowest BCUT2D eigenvalue weighted by Gasteiger charge is -2.52. The molecule has 2 amide bonds. The van der Waals surface area contributed by atoms with E-state index in [1.807, 2.05) is 0 Å². The van der Waals surface area contributed by atoms with E-state index in [0.29, 0.717) is 10.9 Å². The number of rotatable bonds is 11. The number of carbonyl (C=O) groups excluding carboxylic acids is 3. The van der Waals surface area contributed by atoms with Crippen molar-refractivity contribution in [3.63, 3.8) is 0 Å². The number of hydrogen-bond donors (Lipinski definition) is 8. The Morgan fingerprint density at radius 2 is 1.41 bits per heavy atom. The van der Waals surface area contributed by atoms with Gasteiger partial charge in [-0.05, 0) is 31.5 Å². The lowest BCUT2D eigenvalue weighted by molar-refractivity contribution is -0.520. The van der Waals surface area contributed by atoms with Crippen LogP contribution in [0.15, 0.2) is 33.5 Å². The minimum absolute atomic E-state index is 0.0355. The Morgan fingerprint density at radius 3 is 2.00 bits per heavy atom. The second-order valence-corrected chi connectivity index (χ2v) is 13.5. The fourth-order valence-electron chi connectivity index (χ4n) is 7.20. The number of aliphatic hydroxyl groups excluding tert-OH is 7. The van der Waals surface area contributed by atoms with Crippen molar-refractivity contribution in [2.45, 2.75) is 114 Å². The van der Waals surface area contributed by atoms with Gasteiger partial charge in [0.2, 0.25) is 11.8 Å². The van der Waals surface area contributed by atoms with E-state index >= 15 is 0 Å². The zero-order valence-corrected chi connectivity index (χ0v) is 29.7. The van der Waals surface area contributed by atoms with Crippen molar-refractivity contribution in [3.8, 4) is 0 Å². The molecule has 3 fully saturated rings. The fraction of sp³-hybridized carbons (Fsp3) is 0.647. The quantitative estimate of drug-likeness (QED) is 0.0995. The highest BCUT2D eigenvalue weighted by molar-refractivity contribution is 5.95. The summed E-state index contributed by atoms with van der Waals surface area (Å²) in [4.78, 5) is 51.1. The molecule has 0 spiro atoms. The van der Waals surface area contributed by atoms with Gasteiger partial charge in [-0.3, -0.25) is 14.4 Å². The second-order valence-electron chi connectivity index (χ2n) is 13.5. The van der Waals surface area contributed by atoms with Gasteiger partial charge in [0.25, 0.3) is 0 Å². The van der Waals surface area contributed by atoms with Crippen molar-refractivity contribution in [2.24, 2.45) is 5.92 Å². The molecule has 8 N–H and O–H groups in total. The standard InChI is InChI=1S/C34H45N2O18/c1-12-7-22(43)49-18-8-16(5-6-17(12)18)36(15(4)42)25-29(47)31(20(10-38)50-32(25)48)53-33-23(13(2)40)27(45)30(21(11-39)52-33)54-34-24(35-14(3)41)28(46)26(44)19(9-37)51-34/h5-8,19-21,23-34,37-39,44-47H,9-11H2,1-4H3,(H,35,41)/q-1/t19-,20-,21-,23-,24-,25-,26-,27-,28-,29-,30-,31-,32-,33+,34+/m1/s1. The van der Waals surface area contributed by atoms with Gasteiger partial charge in [0.05, 0.1) is 37.9 Å². The van der Waals surface area contributed by atoms with Crippen LogP contribution in [0.4, 0.5) is 5.69 Å². The monoisotopic (exact) mass is 769 g/mol. The zero-order chi connectivity index (χ0) is 39.8. The van der Waals surface area contributed by atoms with Gasteiger partial charge in [-0.2, -0.15) is 0 Å². The average molecular weight is 770 g/mol. The molecule has 15 atom stereocenters. The van der Waals surface area contributed by atoms with Gasteiger partial charge in [-0.25, -0.2) is 4.79 Å². The largest absolute Gasteiger partial charge is 0.829 e. The number of nitrogens with zero attached hydrogens (tertiary/aromatic N) is 1. The average Bonchev–Trinajstić information content (AvgIpc) is 3.10. The maximum atomic E-state index is 13.4. The summed E-state index contributed by atoms with van der Waals surface area (Å²) >= 11 is 0. The summed E-state index contributed by atoms with van der Waals surface area (Å²) in [6, 6.07) is 2.40. The first kappa shape index (κ1) is 41.7. The molecule has 0 saturated carbocycles. The van der Waals surface area contributed by atoms with Crippen LogP contribution in [0.5, 0.6) is 0 Å². The molecule has 1 aromatic carbocycles. The Hall–Kier alpha value is -3.48. The van der Waals surface area contributed by atoms with Crippen molar-refractivity contribution in [1.29, 1.82) is 0 Å². The van der Waals surface area contributed by atoms with Crippen molar-refractivity contribution >= 4 is 34.3 Å². The summed E-state index contributed by atoms with van der Waals surface area (Å²) in [6.07, 6.45) is -20.7. The van der Waals surface area contributed by atoms with Gasteiger partial charge in [-0.1, -0.05) is 0 Å². The molecule has 2 aromatic rings. The number of hydrogen-bond acceptors (Lipinski definition) is 18. The molecule has 3 aliphatic rings. The highest BCUT2D eigenvalue weighted by atomic mass is 16.7. The number of nitrogens with one attached hydrogen (secondary N) is 1. The molecule has 0 unspecified atom stereocenters. The van der Waals surface area contributed by atoms with Crippen LogP contribution in [0.25, 0.3) is 11.0 Å². The number of amides is 2. The Labute approximate surface area is 307 Å². The number of carbonyl (C=O) groups is 3. The smallest absolute Gasteiger partial charge is 0.336 e. The summed E-state index contributed by atoms with van der Waals surface area (Å²) in [5.41, 5.74) is 0.0332. The summed E-state index contributed by atoms with van der Waals surface area (Å²) in [7, 11) is 0. The van der Waals surface area contributed by atoms with Gasteiger partial charge in [-0.15, -0.1) is 0 Å². The van der Waals surface area contributed by atoms with E-state index in [9.17, 15) is 60.0 Å². The van der Waals surface area contributed by atoms with Crippen LogP contribution in [0, 0.1) is 12.8 Å². The van der Waals surface area contributed by atoms with Crippen LogP contribution in [0.2, 0.25) is 0 Å². The molecule has 1 aromatic heterocycles. The van der Waals surface area contributed by atoms with Crippen LogP contribution >= 0.6 is 0 Å². The van der Waals surface area contributed by atoms with Crippen molar-refractivity contribution in [1.82, 2.24) is 5.32 Å². The van der Waals surface area contributed by atoms with E-state index in [1.165, 1.54) is 18.2 Å². The molecular formula is C34H45N2O18-. The number of aryl methyl sites for hydroxylation is 1. The van der Waals surface area contributed by atoms with Gasteiger partial charge < -0.3 is 79.2 Å². The molecule has 3 aliphatic heterocycles. The SMILES string of the molecule is CC(=O)N[C@H]1[C@H](O[C@H]2[C@H](O)[C@@H](C(C)=O)[C@H](O[C@H]3[C@H](O)[C@@H](N(C(C)=O)c4ccc5c(C)cc(=O)oc5c4)[C@H]([O-])O[C@@H]3CO)O[C@@H]2CO)O[C@H](CO)[C@@H](O)[C@@H]1O. The molecular weight excluding hydrogens is 724 g/mol. The fourth-order valence-corrected chi connectivity index (χ4v) is 7.20. The van der Waals surface area contributed by atoms with E-state index in [2.05, 4.69) is 5.32 Å². The topological polar surface area (TPSA) is 308 Å². The van der Waals surface area contributed by atoms with E-state index in [0.717, 1.165) is 25.7 Å². The number of Topliss-reactive ketones (excluding diaryl/α,β-unsaturated/α-hetero) is 1. The van der Waals surface area contributed by atoms with Gasteiger partial charge in [0.1, 0.15) is 66.2 Å².